The van der Waals surface area contributed by atoms with Crippen LogP contribution >= 0.6 is 0 Å². The molecule has 0 bridgehead atoms. The molecule has 1 saturated heterocycles. The van der Waals surface area contributed by atoms with Crippen LogP contribution in [0.1, 0.15) is 26.7 Å². The van der Waals surface area contributed by atoms with E-state index in [1.807, 2.05) is 6.07 Å². The Bertz CT molecular complexity index is 596. The minimum absolute atomic E-state index is 0.139. The van der Waals surface area contributed by atoms with E-state index in [2.05, 4.69) is 23.5 Å². The number of benzene rings is 1. The second kappa shape index (κ2) is 5.26. The van der Waals surface area contributed by atoms with Crippen LogP contribution in [0.5, 0.6) is 0 Å². The number of nitrogens with one attached hydrogen (secondary N) is 1. The van der Waals surface area contributed by atoms with Gasteiger partial charge in [-0.15, -0.1) is 0 Å². The molecule has 2 rings (SSSR count). The molecule has 1 fully saturated rings. The molecule has 1 heterocycles. The molecule has 1 aliphatic heterocycles. The molecule has 0 aromatic heterocycles. The smallest absolute Gasteiger partial charge is 0.242 e. The van der Waals surface area contributed by atoms with E-state index in [0.29, 0.717) is 5.69 Å². The molecule has 0 aliphatic carbocycles. The van der Waals surface area contributed by atoms with Crippen molar-refractivity contribution in [3.8, 4) is 0 Å². The van der Waals surface area contributed by atoms with E-state index < -0.39 is 10.0 Å². The van der Waals surface area contributed by atoms with Crippen molar-refractivity contribution < 1.29 is 8.42 Å². The van der Waals surface area contributed by atoms with Crippen molar-refractivity contribution in [2.45, 2.75) is 31.6 Å². The number of nitrogens with two attached hydrogens (primary N) is 1. The number of sulfonamides is 1. The largest absolute Gasteiger partial charge is 0.398 e. The Morgan fingerprint density at radius 1 is 1.35 bits per heavy atom. The molecule has 6 heteroatoms. The highest BCUT2D eigenvalue weighted by atomic mass is 32.2. The predicted molar refractivity (Wildman–Crippen MR) is 82.3 cm³/mol. The molecule has 1 aliphatic rings. The van der Waals surface area contributed by atoms with Gasteiger partial charge in [0.15, 0.2) is 0 Å². The lowest BCUT2D eigenvalue weighted by Gasteiger charge is -2.39. The summed E-state index contributed by atoms with van der Waals surface area (Å²) in [7, 11) is -2.11. The van der Waals surface area contributed by atoms with Crippen molar-refractivity contribution in [3.63, 3.8) is 0 Å². The molecule has 0 saturated carbocycles. The third-order valence-corrected chi connectivity index (χ3v) is 5.31. The van der Waals surface area contributed by atoms with Gasteiger partial charge in [0, 0.05) is 18.8 Å². The van der Waals surface area contributed by atoms with Crippen molar-refractivity contribution in [1.82, 2.24) is 4.72 Å². The van der Waals surface area contributed by atoms with E-state index >= 15 is 0 Å². The van der Waals surface area contributed by atoms with E-state index in [-0.39, 0.29) is 10.3 Å². The third kappa shape index (κ3) is 3.07. The standard InChI is InChI=1S/C14H23N3O2S/c1-14(2)7-4-8-17(10-14)11-5-6-13(12(15)9-11)20(18,19)16-3/h5-6,9,16H,4,7-8,10,15H2,1-3H3. The van der Waals surface area contributed by atoms with E-state index in [1.54, 1.807) is 12.1 Å². The van der Waals surface area contributed by atoms with Gasteiger partial charge in [-0.05, 0) is 43.5 Å². The minimum Gasteiger partial charge on any atom is -0.398 e. The van der Waals surface area contributed by atoms with Crippen LogP contribution in [0.15, 0.2) is 23.1 Å². The SMILES string of the molecule is CNS(=O)(=O)c1ccc(N2CCCC(C)(C)C2)cc1N. The second-order valence-electron chi connectivity index (χ2n) is 6.12. The zero-order valence-corrected chi connectivity index (χ0v) is 13.1. The molecular formula is C14H23N3O2S. The van der Waals surface area contributed by atoms with Gasteiger partial charge in [0.1, 0.15) is 4.90 Å². The van der Waals surface area contributed by atoms with Crippen molar-refractivity contribution in [2.24, 2.45) is 5.41 Å². The Kier molecular flexibility index (Phi) is 3.97. The van der Waals surface area contributed by atoms with Crippen LogP contribution in [0.25, 0.3) is 0 Å². The fraction of sp³-hybridized carbons (Fsp3) is 0.571. The van der Waals surface area contributed by atoms with E-state index in [9.17, 15) is 8.42 Å². The highest BCUT2D eigenvalue weighted by Crippen LogP contribution is 2.33. The van der Waals surface area contributed by atoms with Gasteiger partial charge in [0.2, 0.25) is 10.0 Å². The predicted octanol–water partition coefficient (Wildman–Crippen LogP) is 1.80. The highest BCUT2D eigenvalue weighted by Gasteiger charge is 2.27. The van der Waals surface area contributed by atoms with Crippen LogP contribution in [0.4, 0.5) is 11.4 Å². The van der Waals surface area contributed by atoms with Crippen molar-refractivity contribution in [2.75, 3.05) is 30.8 Å². The monoisotopic (exact) mass is 297 g/mol. The molecule has 0 spiro atoms. The summed E-state index contributed by atoms with van der Waals surface area (Å²) in [5.41, 5.74) is 7.47. The highest BCUT2D eigenvalue weighted by molar-refractivity contribution is 7.89. The molecule has 3 N–H and O–H groups in total. The van der Waals surface area contributed by atoms with Crippen LogP contribution in [0.2, 0.25) is 0 Å². The first-order chi connectivity index (χ1) is 9.25. The van der Waals surface area contributed by atoms with Gasteiger partial charge in [0.05, 0.1) is 5.69 Å². The first-order valence-electron chi connectivity index (χ1n) is 6.83. The summed E-state index contributed by atoms with van der Waals surface area (Å²) >= 11 is 0. The molecule has 0 unspecified atom stereocenters. The molecule has 20 heavy (non-hydrogen) atoms. The van der Waals surface area contributed by atoms with Crippen molar-refractivity contribution in [3.05, 3.63) is 18.2 Å². The van der Waals surface area contributed by atoms with Gasteiger partial charge >= 0.3 is 0 Å². The molecule has 0 amide bonds. The van der Waals surface area contributed by atoms with Gasteiger partial charge in [-0.3, -0.25) is 0 Å². The number of piperidine rings is 1. The fourth-order valence-electron chi connectivity index (χ4n) is 2.73. The summed E-state index contributed by atoms with van der Waals surface area (Å²) in [6.45, 7) is 6.45. The summed E-state index contributed by atoms with van der Waals surface area (Å²) in [5.74, 6) is 0. The molecule has 1 aromatic carbocycles. The second-order valence-corrected chi connectivity index (χ2v) is 7.97. The molecule has 1 aromatic rings. The summed E-state index contributed by atoms with van der Waals surface area (Å²) < 4.78 is 25.9. The molecule has 0 atom stereocenters. The minimum atomic E-state index is -3.49. The summed E-state index contributed by atoms with van der Waals surface area (Å²) in [5, 5.41) is 0. The zero-order chi connectivity index (χ0) is 15.0. The number of nitrogens with zero attached hydrogens (tertiary/aromatic N) is 1. The Morgan fingerprint density at radius 3 is 2.60 bits per heavy atom. The van der Waals surface area contributed by atoms with Gasteiger partial charge < -0.3 is 10.6 Å². The van der Waals surface area contributed by atoms with Crippen LogP contribution in [0.3, 0.4) is 0 Å². The van der Waals surface area contributed by atoms with E-state index in [0.717, 1.165) is 25.2 Å². The number of rotatable bonds is 3. The topological polar surface area (TPSA) is 75.4 Å². The lowest BCUT2D eigenvalue weighted by atomic mass is 9.84. The fourth-order valence-corrected chi connectivity index (χ4v) is 3.57. The average Bonchev–Trinajstić information content (AvgIpc) is 2.37. The van der Waals surface area contributed by atoms with Gasteiger partial charge in [0.25, 0.3) is 0 Å². The van der Waals surface area contributed by atoms with E-state index in [4.69, 9.17) is 5.73 Å². The van der Waals surface area contributed by atoms with Crippen molar-refractivity contribution >= 4 is 21.4 Å². The van der Waals surface area contributed by atoms with Gasteiger partial charge in [-0.1, -0.05) is 13.8 Å². The Labute approximate surface area is 121 Å². The van der Waals surface area contributed by atoms with Crippen LogP contribution in [0, 0.1) is 5.41 Å². The van der Waals surface area contributed by atoms with Crippen LogP contribution in [-0.2, 0) is 10.0 Å². The zero-order valence-electron chi connectivity index (χ0n) is 12.3. The average molecular weight is 297 g/mol. The summed E-state index contributed by atoms with van der Waals surface area (Å²) in [6, 6.07) is 5.17. The summed E-state index contributed by atoms with van der Waals surface area (Å²) in [6.07, 6.45) is 2.36. The quantitative estimate of drug-likeness (QED) is 0.834. The van der Waals surface area contributed by atoms with Crippen molar-refractivity contribution in [1.29, 1.82) is 0 Å². The summed E-state index contributed by atoms with van der Waals surface area (Å²) in [4.78, 5) is 2.41. The maximum Gasteiger partial charge on any atom is 0.242 e. The first-order valence-corrected chi connectivity index (χ1v) is 8.31. The Hall–Kier alpha value is -1.27. The molecule has 0 radical (unpaired) electrons. The lowest BCUT2D eigenvalue weighted by molar-refractivity contribution is 0.293. The maximum absolute atomic E-state index is 11.8. The number of hydrogen-bond acceptors (Lipinski definition) is 4. The van der Waals surface area contributed by atoms with E-state index in [1.165, 1.54) is 13.5 Å². The molecular weight excluding hydrogens is 274 g/mol. The molecule has 112 valence electrons. The Morgan fingerprint density at radius 2 is 2.05 bits per heavy atom. The number of nitrogen functional groups attached to an aromatic ring is 1. The van der Waals surface area contributed by atoms with Crippen LogP contribution < -0.4 is 15.4 Å². The Balaban J connectivity index is 2.30. The normalized spacial score (nSPS) is 19.1. The van der Waals surface area contributed by atoms with Gasteiger partial charge in [-0.2, -0.15) is 0 Å². The number of anilines is 2. The third-order valence-electron chi connectivity index (χ3n) is 3.82. The first kappa shape index (κ1) is 15.1. The van der Waals surface area contributed by atoms with Gasteiger partial charge in [-0.25, -0.2) is 13.1 Å². The number of hydrogen-bond donors (Lipinski definition) is 2. The van der Waals surface area contributed by atoms with Crippen LogP contribution in [-0.4, -0.2) is 28.6 Å². The molecule has 5 nitrogen and oxygen atoms in total. The maximum atomic E-state index is 11.8. The lowest BCUT2D eigenvalue weighted by Crippen LogP contribution is -2.40.